The smallest absolute Gasteiger partial charge is 0.191 e. The zero-order valence-electron chi connectivity index (χ0n) is 15.6. The van der Waals surface area contributed by atoms with Gasteiger partial charge in [-0.05, 0) is 35.6 Å². The summed E-state index contributed by atoms with van der Waals surface area (Å²) >= 11 is 0. The Kier molecular flexibility index (Phi) is 9.87. The molecule has 0 spiro atoms. The second kappa shape index (κ2) is 11.6. The van der Waals surface area contributed by atoms with Crippen LogP contribution >= 0.6 is 24.0 Å². The first-order valence-electron chi connectivity index (χ1n) is 8.55. The third-order valence-electron chi connectivity index (χ3n) is 4.15. The van der Waals surface area contributed by atoms with Crippen LogP contribution in [-0.2, 0) is 19.4 Å². The van der Waals surface area contributed by atoms with E-state index in [0.717, 1.165) is 24.5 Å². The summed E-state index contributed by atoms with van der Waals surface area (Å²) in [5.74, 6) is 1.65. The van der Waals surface area contributed by atoms with Crippen molar-refractivity contribution in [2.24, 2.45) is 4.99 Å². The second-order valence-electron chi connectivity index (χ2n) is 5.72. The van der Waals surface area contributed by atoms with Crippen LogP contribution in [0.25, 0.3) is 0 Å². The molecule has 142 valence electrons. The molecule has 6 heteroatoms. The van der Waals surface area contributed by atoms with E-state index in [1.807, 2.05) is 12.1 Å². The van der Waals surface area contributed by atoms with Crippen molar-refractivity contribution in [1.29, 1.82) is 0 Å². The van der Waals surface area contributed by atoms with E-state index in [0.29, 0.717) is 18.7 Å². The minimum absolute atomic E-state index is 0. The van der Waals surface area contributed by atoms with Gasteiger partial charge in [0.25, 0.3) is 0 Å². The second-order valence-corrected chi connectivity index (χ2v) is 5.72. The summed E-state index contributed by atoms with van der Waals surface area (Å²) in [6, 6.07) is 13.8. The lowest BCUT2D eigenvalue weighted by atomic mass is 10.1. The maximum Gasteiger partial charge on any atom is 0.191 e. The lowest BCUT2D eigenvalue weighted by molar-refractivity contribution is 0.406. The molecule has 0 amide bonds. The molecule has 0 heterocycles. The number of nitrogens with one attached hydrogen (secondary N) is 2. The molecule has 0 fully saturated rings. The Balaban J connectivity index is 0.00000338. The largest absolute Gasteiger partial charge is 0.508 e. The van der Waals surface area contributed by atoms with Crippen molar-refractivity contribution in [3.8, 4) is 11.5 Å². The van der Waals surface area contributed by atoms with Gasteiger partial charge in [-0.25, -0.2) is 0 Å². The zero-order valence-corrected chi connectivity index (χ0v) is 17.9. The number of rotatable bonds is 7. The van der Waals surface area contributed by atoms with Crippen LogP contribution in [0.2, 0.25) is 0 Å². The van der Waals surface area contributed by atoms with E-state index in [1.54, 1.807) is 20.2 Å². The number of nitrogens with zero attached hydrogens (tertiary/aromatic N) is 1. The van der Waals surface area contributed by atoms with Crippen molar-refractivity contribution in [2.75, 3.05) is 20.7 Å². The maximum atomic E-state index is 10.0. The van der Waals surface area contributed by atoms with Crippen molar-refractivity contribution in [1.82, 2.24) is 10.6 Å². The average Bonchev–Trinajstić information content (AvgIpc) is 2.65. The van der Waals surface area contributed by atoms with Gasteiger partial charge in [0.15, 0.2) is 5.96 Å². The highest BCUT2D eigenvalue weighted by Gasteiger charge is 2.05. The van der Waals surface area contributed by atoms with Gasteiger partial charge < -0.3 is 20.5 Å². The van der Waals surface area contributed by atoms with Crippen LogP contribution < -0.4 is 15.4 Å². The number of methoxy groups -OCH3 is 1. The van der Waals surface area contributed by atoms with Crippen LogP contribution in [0.1, 0.15) is 23.6 Å². The van der Waals surface area contributed by atoms with E-state index < -0.39 is 0 Å². The molecular weight excluding hydrogens is 441 g/mol. The van der Waals surface area contributed by atoms with Crippen molar-refractivity contribution in [2.45, 2.75) is 26.3 Å². The van der Waals surface area contributed by atoms with Crippen LogP contribution in [-0.4, -0.2) is 31.8 Å². The van der Waals surface area contributed by atoms with Gasteiger partial charge in [0.05, 0.1) is 7.11 Å². The molecule has 0 radical (unpaired) electrons. The predicted octanol–water partition coefficient (Wildman–Crippen LogP) is 3.49. The van der Waals surface area contributed by atoms with Gasteiger partial charge in [-0.1, -0.05) is 37.3 Å². The number of ether oxygens (including phenoxy) is 1. The Hall–Kier alpha value is -1.96. The Morgan fingerprint density at radius 2 is 1.81 bits per heavy atom. The third kappa shape index (κ3) is 6.40. The molecule has 0 bridgehead atoms. The van der Waals surface area contributed by atoms with Gasteiger partial charge in [-0.2, -0.15) is 0 Å². The van der Waals surface area contributed by atoms with Crippen molar-refractivity contribution < 1.29 is 9.84 Å². The molecule has 0 atom stereocenters. The molecule has 0 aliphatic heterocycles. The van der Waals surface area contributed by atoms with Crippen LogP contribution in [0.15, 0.2) is 47.5 Å². The Labute approximate surface area is 172 Å². The standard InChI is InChI=1S/C20H27N3O2.HI/c1-4-15-7-5-6-8-17(15)14-23-20(21-2)22-12-11-16-9-10-18(25-3)13-19(16)24;/h5-10,13,24H,4,11-12,14H2,1-3H3,(H2,21,22,23);1H. The first-order chi connectivity index (χ1) is 12.2. The number of phenolic OH excluding ortho intramolecular Hbond substituents is 1. The molecule has 2 rings (SSSR count). The highest BCUT2D eigenvalue weighted by molar-refractivity contribution is 14.0. The zero-order chi connectivity index (χ0) is 18.1. The highest BCUT2D eigenvalue weighted by atomic mass is 127. The predicted molar refractivity (Wildman–Crippen MR) is 118 cm³/mol. The molecule has 2 aromatic carbocycles. The quantitative estimate of drug-likeness (QED) is 0.330. The number of aliphatic imine (C=N–C) groups is 1. The topological polar surface area (TPSA) is 65.9 Å². The fourth-order valence-electron chi connectivity index (χ4n) is 2.67. The molecule has 0 unspecified atom stereocenters. The summed E-state index contributed by atoms with van der Waals surface area (Å²) in [6.07, 6.45) is 1.71. The third-order valence-corrected chi connectivity index (χ3v) is 4.15. The lowest BCUT2D eigenvalue weighted by Gasteiger charge is -2.14. The number of guanidine groups is 1. The first-order valence-corrected chi connectivity index (χ1v) is 8.55. The van der Waals surface area contributed by atoms with Crippen LogP contribution in [0.5, 0.6) is 11.5 Å². The van der Waals surface area contributed by atoms with Crippen molar-refractivity contribution >= 4 is 29.9 Å². The number of hydrogen-bond donors (Lipinski definition) is 3. The van der Waals surface area contributed by atoms with Crippen LogP contribution in [0.4, 0.5) is 0 Å². The molecular formula is C20H28IN3O2. The molecule has 0 aromatic heterocycles. The summed E-state index contributed by atoms with van der Waals surface area (Å²) in [6.45, 7) is 3.57. The molecule has 2 aromatic rings. The first kappa shape index (κ1) is 22.1. The summed E-state index contributed by atoms with van der Waals surface area (Å²) in [4.78, 5) is 4.25. The Bertz CT molecular complexity index is 720. The van der Waals surface area contributed by atoms with E-state index in [2.05, 4.69) is 46.8 Å². The summed E-state index contributed by atoms with van der Waals surface area (Å²) in [7, 11) is 3.34. The van der Waals surface area contributed by atoms with Gasteiger partial charge >= 0.3 is 0 Å². The number of benzene rings is 2. The number of aryl methyl sites for hydroxylation is 1. The van der Waals surface area contributed by atoms with Crippen molar-refractivity contribution in [3.05, 3.63) is 59.2 Å². The molecule has 3 N–H and O–H groups in total. The molecule has 0 aliphatic rings. The molecule has 0 saturated carbocycles. The average molecular weight is 469 g/mol. The van der Waals surface area contributed by atoms with Crippen molar-refractivity contribution in [3.63, 3.8) is 0 Å². The Morgan fingerprint density at radius 1 is 1.08 bits per heavy atom. The number of aromatic hydroxyl groups is 1. The van der Waals surface area contributed by atoms with Gasteiger partial charge in [-0.15, -0.1) is 24.0 Å². The number of hydrogen-bond acceptors (Lipinski definition) is 3. The van der Waals surface area contributed by atoms with Gasteiger partial charge in [0.1, 0.15) is 11.5 Å². The molecule has 26 heavy (non-hydrogen) atoms. The maximum absolute atomic E-state index is 10.0. The molecule has 5 nitrogen and oxygen atoms in total. The van der Waals surface area contributed by atoms with Gasteiger partial charge in [0.2, 0.25) is 0 Å². The fourth-order valence-corrected chi connectivity index (χ4v) is 2.67. The number of halogens is 1. The molecule has 0 saturated heterocycles. The summed E-state index contributed by atoms with van der Waals surface area (Å²) < 4.78 is 5.10. The van der Waals surface area contributed by atoms with E-state index in [4.69, 9.17) is 4.74 Å². The highest BCUT2D eigenvalue weighted by Crippen LogP contribution is 2.23. The van der Waals surface area contributed by atoms with E-state index >= 15 is 0 Å². The van der Waals surface area contributed by atoms with Crippen LogP contribution in [0, 0.1) is 0 Å². The summed E-state index contributed by atoms with van der Waals surface area (Å²) in [5.41, 5.74) is 3.49. The van der Waals surface area contributed by atoms with E-state index in [9.17, 15) is 5.11 Å². The normalized spacial score (nSPS) is 10.8. The number of phenols is 1. The molecule has 0 aliphatic carbocycles. The fraction of sp³-hybridized carbons (Fsp3) is 0.350. The minimum atomic E-state index is 0. The van der Waals surface area contributed by atoms with E-state index in [-0.39, 0.29) is 29.7 Å². The van der Waals surface area contributed by atoms with E-state index in [1.165, 1.54) is 11.1 Å². The van der Waals surface area contributed by atoms with Crippen LogP contribution in [0.3, 0.4) is 0 Å². The minimum Gasteiger partial charge on any atom is -0.508 e. The van der Waals surface area contributed by atoms with Gasteiger partial charge in [-0.3, -0.25) is 4.99 Å². The SMILES string of the molecule is CCc1ccccc1CNC(=NC)NCCc1ccc(OC)cc1O.I. The Morgan fingerprint density at radius 3 is 2.42 bits per heavy atom. The lowest BCUT2D eigenvalue weighted by Crippen LogP contribution is -2.38. The monoisotopic (exact) mass is 469 g/mol. The summed E-state index contributed by atoms with van der Waals surface area (Å²) in [5, 5.41) is 16.6. The van der Waals surface area contributed by atoms with Gasteiger partial charge in [0, 0.05) is 26.2 Å².